The molecule has 1 saturated heterocycles. The summed E-state index contributed by atoms with van der Waals surface area (Å²) in [6.45, 7) is 14.7. The van der Waals surface area contributed by atoms with Gasteiger partial charge >= 0.3 is 0 Å². The molecule has 0 atom stereocenters. The van der Waals surface area contributed by atoms with E-state index >= 15 is 0 Å². The van der Waals surface area contributed by atoms with Crippen LogP contribution in [0.1, 0.15) is 57.7 Å². The van der Waals surface area contributed by atoms with Crippen molar-refractivity contribution in [1.82, 2.24) is 15.2 Å². The smallest absolute Gasteiger partial charge is 0.107 e. The molecule has 21 heavy (non-hydrogen) atoms. The molecule has 0 unspecified atom stereocenters. The molecular formula is C17H31N3S. The van der Waals surface area contributed by atoms with Crippen LogP contribution in [0.15, 0.2) is 5.38 Å². The van der Waals surface area contributed by atoms with Gasteiger partial charge in [-0.1, -0.05) is 27.7 Å². The van der Waals surface area contributed by atoms with Crippen molar-refractivity contribution >= 4 is 11.3 Å². The van der Waals surface area contributed by atoms with Gasteiger partial charge in [-0.05, 0) is 50.2 Å². The Balaban J connectivity index is 1.79. The fourth-order valence-electron chi connectivity index (χ4n) is 2.84. The summed E-state index contributed by atoms with van der Waals surface area (Å²) in [6, 6.07) is 0. The minimum Gasteiger partial charge on any atom is -0.310 e. The van der Waals surface area contributed by atoms with Crippen molar-refractivity contribution in [2.75, 3.05) is 19.6 Å². The zero-order valence-corrected chi connectivity index (χ0v) is 14.9. The maximum absolute atomic E-state index is 4.78. The van der Waals surface area contributed by atoms with Gasteiger partial charge in [0, 0.05) is 18.5 Å². The fourth-order valence-corrected chi connectivity index (χ4v) is 3.59. The lowest BCUT2D eigenvalue weighted by molar-refractivity contribution is 0.254. The number of nitrogens with one attached hydrogen (secondary N) is 1. The molecule has 0 spiro atoms. The van der Waals surface area contributed by atoms with Crippen molar-refractivity contribution in [1.29, 1.82) is 0 Å². The molecule has 1 aromatic rings. The Kier molecular flexibility index (Phi) is 6.20. The molecule has 2 heterocycles. The highest BCUT2D eigenvalue weighted by atomic mass is 32.1. The average Bonchev–Trinajstić information content (AvgIpc) is 2.75. The van der Waals surface area contributed by atoms with E-state index < -0.39 is 0 Å². The molecule has 2 rings (SSSR count). The molecule has 4 heteroatoms. The van der Waals surface area contributed by atoms with Crippen LogP contribution in [0.4, 0.5) is 0 Å². The highest BCUT2D eigenvalue weighted by Gasteiger charge is 2.23. The summed E-state index contributed by atoms with van der Waals surface area (Å²) >= 11 is 1.79. The SMILES string of the molecule is CC(C)CNCc1nc(CN2CCCC(C)(C)CC2)cs1. The van der Waals surface area contributed by atoms with Crippen molar-refractivity contribution in [2.45, 2.75) is 60.0 Å². The largest absolute Gasteiger partial charge is 0.310 e. The molecule has 1 aliphatic heterocycles. The number of hydrogen-bond donors (Lipinski definition) is 1. The second-order valence-electron chi connectivity index (χ2n) is 7.55. The lowest BCUT2D eigenvalue weighted by atomic mass is 9.85. The predicted octanol–water partition coefficient (Wildman–Crippen LogP) is 3.90. The second kappa shape index (κ2) is 7.70. The van der Waals surface area contributed by atoms with E-state index in [1.807, 2.05) is 0 Å². The highest BCUT2D eigenvalue weighted by molar-refractivity contribution is 7.09. The van der Waals surface area contributed by atoms with E-state index in [9.17, 15) is 0 Å². The van der Waals surface area contributed by atoms with Gasteiger partial charge in [0.2, 0.25) is 0 Å². The summed E-state index contributed by atoms with van der Waals surface area (Å²) in [5.41, 5.74) is 1.77. The predicted molar refractivity (Wildman–Crippen MR) is 91.6 cm³/mol. The first kappa shape index (κ1) is 16.9. The lowest BCUT2D eigenvalue weighted by Gasteiger charge is -2.22. The third kappa shape index (κ3) is 6.05. The standard InChI is InChI=1S/C17H31N3S/c1-14(2)10-18-11-16-19-15(13-21-16)12-20-8-5-6-17(3,4)7-9-20/h13-14,18H,5-12H2,1-4H3. The van der Waals surface area contributed by atoms with Gasteiger partial charge in [-0.15, -0.1) is 11.3 Å². The third-order valence-electron chi connectivity index (χ3n) is 4.25. The van der Waals surface area contributed by atoms with Gasteiger partial charge in [0.15, 0.2) is 0 Å². The molecule has 0 radical (unpaired) electrons. The van der Waals surface area contributed by atoms with Crippen molar-refractivity contribution in [3.8, 4) is 0 Å². The first-order chi connectivity index (χ1) is 9.94. The molecule has 1 aliphatic rings. The lowest BCUT2D eigenvalue weighted by Crippen LogP contribution is -2.25. The summed E-state index contributed by atoms with van der Waals surface area (Å²) in [5, 5.41) is 6.93. The molecule has 0 bridgehead atoms. The van der Waals surface area contributed by atoms with Crippen LogP contribution >= 0.6 is 11.3 Å². The molecule has 120 valence electrons. The number of aromatic nitrogens is 1. The number of thiazole rings is 1. The van der Waals surface area contributed by atoms with Crippen molar-refractivity contribution in [2.24, 2.45) is 11.3 Å². The molecule has 1 N–H and O–H groups in total. The number of nitrogens with zero attached hydrogens (tertiary/aromatic N) is 2. The van der Waals surface area contributed by atoms with E-state index in [1.165, 1.54) is 43.1 Å². The Morgan fingerprint density at radius 2 is 2.14 bits per heavy atom. The van der Waals surface area contributed by atoms with E-state index in [0.29, 0.717) is 11.3 Å². The van der Waals surface area contributed by atoms with E-state index in [1.54, 1.807) is 11.3 Å². The minimum absolute atomic E-state index is 0.517. The van der Waals surface area contributed by atoms with Gasteiger partial charge in [-0.3, -0.25) is 4.90 Å². The van der Waals surface area contributed by atoms with Gasteiger partial charge in [-0.2, -0.15) is 0 Å². The molecule has 3 nitrogen and oxygen atoms in total. The van der Waals surface area contributed by atoms with E-state index in [0.717, 1.165) is 19.6 Å². The zero-order valence-electron chi connectivity index (χ0n) is 14.1. The summed E-state index contributed by atoms with van der Waals surface area (Å²) < 4.78 is 0. The number of rotatable bonds is 6. The van der Waals surface area contributed by atoms with Crippen molar-refractivity contribution < 1.29 is 0 Å². The molecule has 0 saturated carbocycles. The number of likely N-dealkylation sites (tertiary alicyclic amines) is 1. The molecule has 0 amide bonds. The number of hydrogen-bond acceptors (Lipinski definition) is 4. The maximum atomic E-state index is 4.78. The second-order valence-corrected chi connectivity index (χ2v) is 8.49. The van der Waals surface area contributed by atoms with Gasteiger partial charge in [-0.25, -0.2) is 4.98 Å². The first-order valence-electron chi connectivity index (χ1n) is 8.31. The fraction of sp³-hybridized carbons (Fsp3) is 0.824. The Morgan fingerprint density at radius 3 is 2.90 bits per heavy atom. The van der Waals surface area contributed by atoms with Crippen LogP contribution < -0.4 is 5.32 Å². The van der Waals surface area contributed by atoms with Gasteiger partial charge < -0.3 is 5.32 Å². The summed E-state index contributed by atoms with van der Waals surface area (Å²) in [6.07, 6.45) is 3.98. The van der Waals surface area contributed by atoms with E-state index in [-0.39, 0.29) is 0 Å². The Labute approximate surface area is 134 Å². The molecule has 1 fully saturated rings. The normalized spacial score (nSPS) is 19.9. The van der Waals surface area contributed by atoms with Gasteiger partial charge in [0.05, 0.1) is 5.69 Å². The van der Waals surface area contributed by atoms with Gasteiger partial charge in [0.25, 0.3) is 0 Å². The maximum Gasteiger partial charge on any atom is 0.107 e. The van der Waals surface area contributed by atoms with Crippen LogP contribution in [0, 0.1) is 11.3 Å². The van der Waals surface area contributed by atoms with Gasteiger partial charge in [0.1, 0.15) is 5.01 Å². The van der Waals surface area contributed by atoms with Crippen LogP contribution in [0.3, 0.4) is 0 Å². The summed E-state index contributed by atoms with van der Waals surface area (Å²) in [4.78, 5) is 7.36. The quantitative estimate of drug-likeness (QED) is 0.864. The van der Waals surface area contributed by atoms with E-state index in [2.05, 4.69) is 43.3 Å². The Bertz CT molecular complexity index is 425. The average molecular weight is 310 g/mol. The van der Waals surface area contributed by atoms with E-state index in [4.69, 9.17) is 4.98 Å². The van der Waals surface area contributed by atoms with Crippen LogP contribution in [0.2, 0.25) is 0 Å². The molecular weight excluding hydrogens is 278 g/mol. The Morgan fingerprint density at radius 1 is 1.33 bits per heavy atom. The van der Waals surface area contributed by atoms with Crippen molar-refractivity contribution in [3.63, 3.8) is 0 Å². The van der Waals surface area contributed by atoms with Crippen LogP contribution in [0.5, 0.6) is 0 Å². The zero-order chi connectivity index (χ0) is 15.3. The summed E-state index contributed by atoms with van der Waals surface area (Å²) in [5.74, 6) is 0.699. The first-order valence-corrected chi connectivity index (χ1v) is 9.19. The Hall–Kier alpha value is -0.450. The minimum atomic E-state index is 0.517. The third-order valence-corrected chi connectivity index (χ3v) is 5.14. The molecule has 0 aliphatic carbocycles. The van der Waals surface area contributed by atoms with Crippen molar-refractivity contribution in [3.05, 3.63) is 16.1 Å². The highest BCUT2D eigenvalue weighted by Crippen LogP contribution is 2.30. The summed E-state index contributed by atoms with van der Waals surface area (Å²) in [7, 11) is 0. The molecule has 0 aromatic carbocycles. The van der Waals surface area contributed by atoms with Crippen LogP contribution in [-0.4, -0.2) is 29.5 Å². The monoisotopic (exact) mass is 309 g/mol. The topological polar surface area (TPSA) is 28.2 Å². The molecule has 1 aromatic heterocycles. The van der Waals surface area contributed by atoms with Crippen LogP contribution in [-0.2, 0) is 13.1 Å². The van der Waals surface area contributed by atoms with Crippen LogP contribution in [0.25, 0.3) is 0 Å².